The molecule has 5 nitrogen and oxygen atoms in total. The molecule has 0 spiro atoms. The Hall–Kier alpha value is -1.49. The third-order valence-electron chi connectivity index (χ3n) is 5.27. The maximum absolute atomic E-state index is 12.5. The topological polar surface area (TPSA) is 49.3 Å². The van der Waals surface area contributed by atoms with E-state index in [-0.39, 0.29) is 5.91 Å². The summed E-state index contributed by atoms with van der Waals surface area (Å²) in [6.45, 7) is 10.1. The molecule has 2 saturated heterocycles. The number of hydrogen-bond acceptors (Lipinski definition) is 4. The van der Waals surface area contributed by atoms with Crippen molar-refractivity contribution in [2.24, 2.45) is 17.8 Å². The van der Waals surface area contributed by atoms with Gasteiger partial charge in [0.25, 0.3) is 5.91 Å². The molecule has 1 atom stereocenters. The molecular weight excluding hydrogens is 288 g/mol. The molecule has 23 heavy (non-hydrogen) atoms. The van der Waals surface area contributed by atoms with Crippen LogP contribution in [0, 0.1) is 17.8 Å². The Labute approximate surface area is 139 Å². The van der Waals surface area contributed by atoms with Gasteiger partial charge in [0.1, 0.15) is 0 Å². The SMILES string of the molecule is CC(C)CN1CCC([C@@H]2CCN(C(=O)c3ccnnc3)C2)CC1. The highest BCUT2D eigenvalue weighted by Gasteiger charge is 2.34. The summed E-state index contributed by atoms with van der Waals surface area (Å²) in [7, 11) is 0. The lowest BCUT2D eigenvalue weighted by Crippen LogP contribution is -2.39. The number of amides is 1. The van der Waals surface area contributed by atoms with Crippen LogP contribution in [-0.4, -0.2) is 58.6 Å². The van der Waals surface area contributed by atoms with Crippen LogP contribution in [0.5, 0.6) is 0 Å². The Kier molecular flexibility index (Phi) is 5.26. The van der Waals surface area contributed by atoms with E-state index >= 15 is 0 Å². The minimum absolute atomic E-state index is 0.111. The van der Waals surface area contributed by atoms with Crippen molar-refractivity contribution in [1.29, 1.82) is 0 Å². The van der Waals surface area contributed by atoms with Gasteiger partial charge in [0.05, 0.1) is 18.0 Å². The summed E-state index contributed by atoms with van der Waals surface area (Å²) >= 11 is 0. The summed E-state index contributed by atoms with van der Waals surface area (Å²) in [5, 5.41) is 7.56. The lowest BCUT2D eigenvalue weighted by Gasteiger charge is -2.35. The Morgan fingerprint density at radius 1 is 1.17 bits per heavy atom. The van der Waals surface area contributed by atoms with Gasteiger partial charge in [-0.2, -0.15) is 10.2 Å². The van der Waals surface area contributed by atoms with Gasteiger partial charge in [-0.3, -0.25) is 4.79 Å². The normalized spacial score (nSPS) is 23.6. The third kappa shape index (κ3) is 4.08. The van der Waals surface area contributed by atoms with Crippen LogP contribution in [0.15, 0.2) is 18.5 Å². The number of likely N-dealkylation sites (tertiary alicyclic amines) is 2. The van der Waals surface area contributed by atoms with Gasteiger partial charge in [-0.1, -0.05) is 13.8 Å². The molecule has 5 heteroatoms. The molecule has 0 radical (unpaired) electrons. The van der Waals surface area contributed by atoms with Crippen molar-refractivity contribution in [3.05, 3.63) is 24.0 Å². The maximum atomic E-state index is 12.5. The first kappa shape index (κ1) is 16.4. The molecule has 126 valence electrons. The standard InChI is InChI=1S/C18H28N4O/c1-14(2)12-21-8-4-15(5-9-21)17-6-10-22(13-17)18(23)16-3-7-19-20-11-16/h3,7,11,14-15,17H,4-6,8-10,12-13H2,1-2H3/t17-/m1/s1. The zero-order chi connectivity index (χ0) is 16.2. The highest BCUT2D eigenvalue weighted by molar-refractivity contribution is 5.93. The van der Waals surface area contributed by atoms with Crippen LogP contribution in [-0.2, 0) is 0 Å². The van der Waals surface area contributed by atoms with E-state index < -0.39 is 0 Å². The second-order valence-corrected chi connectivity index (χ2v) is 7.46. The Bertz CT molecular complexity index is 511. The summed E-state index contributed by atoms with van der Waals surface area (Å²) < 4.78 is 0. The monoisotopic (exact) mass is 316 g/mol. The van der Waals surface area contributed by atoms with Crippen molar-refractivity contribution in [2.75, 3.05) is 32.7 Å². The second-order valence-electron chi connectivity index (χ2n) is 7.46. The smallest absolute Gasteiger partial charge is 0.255 e. The minimum Gasteiger partial charge on any atom is -0.338 e. The van der Waals surface area contributed by atoms with E-state index in [0.717, 1.165) is 31.3 Å². The average molecular weight is 316 g/mol. The fourth-order valence-corrected chi connectivity index (χ4v) is 4.08. The van der Waals surface area contributed by atoms with Gasteiger partial charge in [-0.15, -0.1) is 0 Å². The zero-order valence-electron chi connectivity index (χ0n) is 14.3. The third-order valence-corrected chi connectivity index (χ3v) is 5.27. The molecule has 0 unspecified atom stereocenters. The molecule has 0 aromatic carbocycles. The van der Waals surface area contributed by atoms with Crippen LogP contribution in [0.1, 0.15) is 43.5 Å². The number of piperidine rings is 1. The summed E-state index contributed by atoms with van der Waals surface area (Å²) in [5.74, 6) is 2.32. The Balaban J connectivity index is 1.50. The molecule has 0 saturated carbocycles. The molecule has 1 aromatic rings. The van der Waals surface area contributed by atoms with E-state index in [1.54, 1.807) is 18.5 Å². The molecule has 0 bridgehead atoms. The van der Waals surface area contributed by atoms with Gasteiger partial charge in [-0.25, -0.2) is 0 Å². The van der Waals surface area contributed by atoms with Crippen molar-refractivity contribution < 1.29 is 4.79 Å². The zero-order valence-corrected chi connectivity index (χ0v) is 14.3. The highest BCUT2D eigenvalue weighted by atomic mass is 16.2. The van der Waals surface area contributed by atoms with Crippen molar-refractivity contribution >= 4 is 5.91 Å². The summed E-state index contributed by atoms with van der Waals surface area (Å²) in [6, 6.07) is 1.76. The predicted molar refractivity (Wildman–Crippen MR) is 90.0 cm³/mol. The van der Waals surface area contributed by atoms with Gasteiger partial charge in [0, 0.05) is 19.6 Å². The van der Waals surface area contributed by atoms with E-state index in [1.807, 2.05) is 4.90 Å². The maximum Gasteiger partial charge on any atom is 0.255 e. The van der Waals surface area contributed by atoms with Gasteiger partial charge in [0.2, 0.25) is 0 Å². The summed E-state index contributed by atoms with van der Waals surface area (Å²) in [5.41, 5.74) is 0.660. The van der Waals surface area contributed by atoms with E-state index in [0.29, 0.717) is 11.5 Å². The molecule has 0 N–H and O–H groups in total. The van der Waals surface area contributed by atoms with Crippen LogP contribution >= 0.6 is 0 Å². The number of hydrogen-bond donors (Lipinski definition) is 0. The number of carbonyl (C=O) groups is 1. The number of carbonyl (C=O) groups excluding carboxylic acids is 1. The number of rotatable bonds is 4. The molecule has 2 aliphatic heterocycles. The fourth-order valence-electron chi connectivity index (χ4n) is 4.08. The Morgan fingerprint density at radius 3 is 2.57 bits per heavy atom. The van der Waals surface area contributed by atoms with Crippen LogP contribution in [0.4, 0.5) is 0 Å². The highest BCUT2D eigenvalue weighted by Crippen LogP contribution is 2.32. The van der Waals surface area contributed by atoms with E-state index in [4.69, 9.17) is 0 Å². The van der Waals surface area contributed by atoms with Gasteiger partial charge < -0.3 is 9.80 Å². The van der Waals surface area contributed by atoms with Gasteiger partial charge in [-0.05, 0) is 56.2 Å². The minimum atomic E-state index is 0.111. The molecule has 2 fully saturated rings. The number of aromatic nitrogens is 2. The van der Waals surface area contributed by atoms with E-state index in [2.05, 4.69) is 28.9 Å². The lowest BCUT2D eigenvalue weighted by atomic mass is 9.83. The van der Waals surface area contributed by atoms with Crippen LogP contribution in [0.25, 0.3) is 0 Å². The van der Waals surface area contributed by atoms with E-state index in [9.17, 15) is 4.79 Å². The first-order chi connectivity index (χ1) is 11.1. The molecule has 0 aliphatic carbocycles. The van der Waals surface area contributed by atoms with Gasteiger partial charge >= 0.3 is 0 Å². The van der Waals surface area contributed by atoms with E-state index in [1.165, 1.54) is 32.5 Å². The largest absolute Gasteiger partial charge is 0.338 e. The Morgan fingerprint density at radius 2 is 1.91 bits per heavy atom. The molecular formula is C18H28N4O. The fraction of sp³-hybridized carbons (Fsp3) is 0.722. The molecule has 2 aliphatic rings. The van der Waals surface area contributed by atoms with Gasteiger partial charge in [0.15, 0.2) is 0 Å². The second kappa shape index (κ2) is 7.39. The molecule has 1 amide bonds. The summed E-state index contributed by atoms with van der Waals surface area (Å²) in [6.07, 6.45) is 6.89. The van der Waals surface area contributed by atoms with Crippen LogP contribution in [0.2, 0.25) is 0 Å². The van der Waals surface area contributed by atoms with Crippen molar-refractivity contribution in [1.82, 2.24) is 20.0 Å². The quantitative estimate of drug-likeness (QED) is 0.855. The van der Waals surface area contributed by atoms with Crippen molar-refractivity contribution in [2.45, 2.75) is 33.1 Å². The summed E-state index contributed by atoms with van der Waals surface area (Å²) in [4.78, 5) is 17.1. The predicted octanol–water partition coefficient (Wildman–Crippen LogP) is 2.31. The average Bonchev–Trinajstić information content (AvgIpc) is 3.05. The van der Waals surface area contributed by atoms with Crippen LogP contribution in [0.3, 0.4) is 0 Å². The van der Waals surface area contributed by atoms with Crippen LogP contribution < -0.4 is 0 Å². The molecule has 1 aromatic heterocycles. The first-order valence-corrected chi connectivity index (χ1v) is 8.92. The first-order valence-electron chi connectivity index (χ1n) is 8.92. The van der Waals surface area contributed by atoms with Crippen molar-refractivity contribution in [3.8, 4) is 0 Å². The number of nitrogens with zero attached hydrogens (tertiary/aromatic N) is 4. The molecule has 3 heterocycles. The lowest BCUT2D eigenvalue weighted by molar-refractivity contribution is 0.0771. The molecule has 3 rings (SSSR count). The van der Waals surface area contributed by atoms with Crippen molar-refractivity contribution in [3.63, 3.8) is 0 Å².